The third kappa shape index (κ3) is 2.94. The second-order valence-electron chi connectivity index (χ2n) is 5.78. The fourth-order valence-corrected chi connectivity index (χ4v) is 2.85. The van der Waals surface area contributed by atoms with Gasteiger partial charge in [0, 0.05) is 7.05 Å². The van der Waals surface area contributed by atoms with Gasteiger partial charge < -0.3 is 10.5 Å². The number of methoxy groups -OCH3 is 1. The molecule has 7 heteroatoms. The van der Waals surface area contributed by atoms with Crippen molar-refractivity contribution in [2.24, 2.45) is 12.8 Å². The molecule has 1 unspecified atom stereocenters. The van der Waals surface area contributed by atoms with E-state index in [-0.39, 0.29) is 11.2 Å². The van der Waals surface area contributed by atoms with E-state index in [1.54, 1.807) is 43.4 Å². The number of aromatic nitrogens is 2. The molecule has 2 aromatic carbocycles. The Bertz CT molecular complexity index is 989. The molecule has 0 aliphatic rings. The Labute approximate surface area is 143 Å². The maximum atomic E-state index is 14.3. The van der Waals surface area contributed by atoms with Crippen molar-refractivity contribution in [2.75, 3.05) is 7.11 Å². The smallest absolute Gasteiger partial charge is 0.333 e. The molecule has 3 aromatic rings. The van der Waals surface area contributed by atoms with Gasteiger partial charge in [0.25, 0.3) is 0 Å². The predicted octanol–water partition coefficient (Wildman–Crippen LogP) is 1.51. The molecule has 0 aliphatic carbocycles. The number of esters is 1. The van der Waals surface area contributed by atoms with E-state index in [4.69, 9.17) is 5.73 Å². The molecule has 0 bridgehead atoms. The van der Waals surface area contributed by atoms with Gasteiger partial charge in [0.1, 0.15) is 17.4 Å². The first kappa shape index (κ1) is 16.9. The molecule has 0 saturated carbocycles. The van der Waals surface area contributed by atoms with Crippen LogP contribution in [0.4, 0.5) is 4.39 Å². The Kier molecular flexibility index (Phi) is 4.41. The highest BCUT2D eigenvalue weighted by atomic mass is 19.1. The van der Waals surface area contributed by atoms with E-state index in [2.05, 4.69) is 4.74 Å². The van der Waals surface area contributed by atoms with Crippen molar-refractivity contribution < 1.29 is 13.9 Å². The van der Waals surface area contributed by atoms with Crippen LogP contribution in [0.15, 0.2) is 47.3 Å². The standard InChI is InChI=1S/C18H18FN3O3/c1-21-15-5-3-4-13(19)16(15)22(18(21)24)12-8-6-11(7-9-12)10-14(20)17(23)25-2/h3-9,14H,10,20H2,1-2H3. The largest absolute Gasteiger partial charge is 0.468 e. The summed E-state index contributed by atoms with van der Waals surface area (Å²) in [4.78, 5) is 23.9. The minimum absolute atomic E-state index is 0.231. The van der Waals surface area contributed by atoms with Gasteiger partial charge in [-0.05, 0) is 36.2 Å². The zero-order valence-electron chi connectivity index (χ0n) is 13.9. The fraction of sp³-hybridized carbons (Fsp3) is 0.222. The lowest BCUT2D eigenvalue weighted by Crippen LogP contribution is -2.33. The van der Waals surface area contributed by atoms with E-state index in [1.807, 2.05) is 0 Å². The molecule has 0 radical (unpaired) electrons. The average Bonchev–Trinajstić information content (AvgIpc) is 2.88. The number of ether oxygens (including phenoxy) is 1. The van der Waals surface area contributed by atoms with Crippen LogP contribution in [0.25, 0.3) is 16.7 Å². The van der Waals surface area contributed by atoms with Gasteiger partial charge in [0.05, 0.1) is 18.3 Å². The summed E-state index contributed by atoms with van der Waals surface area (Å²) in [7, 11) is 2.89. The number of imidazole rings is 1. The lowest BCUT2D eigenvalue weighted by Gasteiger charge is -2.10. The van der Waals surface area contributed by atoms with Crippen molar-refractivity contribution in [3.63, 3.8) is 0 Å². The zero-order chi connectivity index (χ0) is 18.1. The van der Waals surface area contributed by atoms with Gasteiger partial charge in [-0.25, -0.2) is 9.18 Å². The molecule has 6 nitrogen and oxygen atoms in total. The topological polar surface area (TPSA) is 79.2 Å². The molecule has 0 saturated heterocycles. The van der Waals surface area contributed by atoms with E-state index in [0.29, 0.717) is 17.6 Å². The fourth-order valence-electron chi connectivity index (χ4n) is 2.85. The van der Waals surface area contributed by atoms with Gasteiger partial charge in [-0.3, -0.25) is 13.9 Å². The number of aryl methyl sites for hydroxylation is 1. The molecular weight excluding hydrogens is 325 g/mol. The Morgan fingerprint density at radius 2 is 1.92 bits per heavy atom. The number of carbonyl (C=O) groups is 1. The number of fused-ring (bicyclic) bond motifs is 1. The molecular formula is C18H18FN3O3. The molecule has 1 heterocycles. The second-order valence-corrected chi connectivity index (χ2v) is 5.78. The van der Waals surface area contributed by atoms with Crippen molar-refractivity contribution >= 4 is 17.0 Å². The number of hydrogen-bond acceptors (Lipinski definition) is 4. The Balaban J connectivity index is 2.01. The van der Waals surface area contributed by atoms with Crippen molar-refractivity contribution in [1.29, 1.82) is 0 Å². The van der Waals surface area contributed by atoms with Gasteiger partial charge in [-0.2, -0.15) is 0 Å². The normalized spacial score (nSPS) is 12.3. The predicted molar refractivity (Wildman–Crippen MR) is 92.2 cm³/mol. The van der Waals surface area contributed by atoms with Crippen LogP contribution in [0.3, 0.4) is 0 Å². The monoisotopic (exact) mass is 343 g/mol. The number of nitrogens with two attached hydrogens (primary N) is 1. The van der Waals surface area contributed by atoms with Crippen LogP contribution in [-0.2, 0) is 23.0 Å². The second kappa shape index (κ2) is 6.52. The number of rotatable bonds is 4. The van der Waals surface area contributed by atoms with Crippen LogP contribution < -0.4 is 11.4 Å². The first-order valence-electron chi connectivity index (χ1n) is 7.72. The molecule has 0 aliphatic heterocycles. The van der Waals surface area contributed by atoms with Crippen LogP contribution in [0.1, 0.15) is 5.56 Å². The zero-order valence-corrected chi connectivity index (χ0v) is 13.9. The number of hydrogen-bond donors (Lipinski definition) is 1. The molecule has 3 rings (SSSR count). The summed E-state index contributed by atoms with van der Waals surface area (Å²) in [6.07, 6.45) is 0.311. The number of halogens is 1. The van der Waals surface area contributed by atoms with Crippen molar-refractivity contribution in [2.45, 2.75) is 12.5 Å². The first-order chi connectivity index (χ1) is 11.9. The van der Waals surface area contributed by atoms with E-state index in [1.165, 1.54) is 22.3 Å². The maximum absolute atomic E-state index is 14.3. The van der Waals surface area contributed by atoms with E-state index in [9.17, 15) is 14.0 Å². The molecule has 2 N–H and O–H groups in total. The van der Waals surface area contributed by atoms with Gasteiger partial charge in [-0.15, -0.1) is 0 Å². The summed E-state index contributed by atoms with van der Waals surface area (Å²) in [5.41, 5.74) is 7.51. The van der Waals surface area contributed by atoms with Gasteiger partial charge in [0.15, 0.2) is 0 Å². The van der Waals surface area contributed by atoms with Crippen molar-refractivity contribution in [1.82, 2.24) is 9.13 Å². The molecule has 0 fully saturated rings. The van der Waals surface area contributed by atoms with Gasteiger partial charge in [-0.1, -0.05) is 18.2 Å². The molecule has 1 aromatic heterocycles. The maximum Gasteiger partial charge on any atom is 0.333 e. The number of para-hydroxylation sites is 1. The van der Waals surface area contributed by atoms with E-state index < -0.39 is 17.8 Å². The molecule has 25 heavy (non-hydrogen) atoms. The van der Waals surface area contributed by atoms with E-state index in [0.717, 1.165) is 5.56 Å². The van der Waals surface area contributed by atoms with Crippen LogP contribution in [-0.4, -0.2) is 28.3 Å². The van der Waals surface area contributed by atoms with Crippen LogP contribution in [0, 0.1) is 5.82 Å². The summed E-state index contributed by atoms with van der Waals surface area (Å²) in [6, 6.07) is 10.7. The Hall–Kier alpha value is -2.93. The summed E-state index contributed by atoms with van der Waals surface area (Å²) in [5.74, 6) is -0.955. The summed E-state index contributed by atoms with van der Waals surface area (Å²) in [5, 5.41) is 0. The van der Waals surface area contributed by atoms with Gasteiger partial charge >= 0.3 is 11.7 Å². The lowest BCUT2D eigenvalue weighted by molar-refractivity contribution is -0.142. The summed E-state index contributed by atoms with van der Waals surface area (Å²) >= 11 is 0. The van der Waals surface area contributed by atoms with Crippen molar-refractivity contribution in [3.05, 3.63) is 64.3 Å². The third-order valence-electron chi connectivity index (χ3n) is 4.18. The highest BCUT2D eigenvalue weighted by Gasteiger charge is 2.17. The lowest BCUT2D eigenvalue weighted by atomic mass is 10.1. The number of carbonyl (C=O) groups excluding carboxylic acids is 1. The highest BCUT2D eigenvalue weighted by molar-refractivity contribution is 5.79. The Morgan fingerprint density at radius 1 is 1.24 bits per heavy atom. The number of benzene rings is 2. The molecule has 0 amide bonds. The van der Waals surface area contributed by atoms with Crippen molar-refractivity contribution in [3.8, 4) is 5.69 Å². The first-order valence-corrected chi connectivity index (χ1v) is 7.72. The van der Waals surface area contributed by atoms with Crippen LogP contribution in [0.5, 0.6) is 0 Å². The SMILES string of the molecule is COC(=O)C(N)Cc1ccc(-n2c(=O)n(C)c3cccc(F)c32)cc1. The highest BCUT2D eigenvalue weighted by Crippen LogP contribution is 2.20. The minimum Gasteiger partial charge on any atom is -0.468 e. The minimum atomic E-state index is -0.756. The Morgan fingerprint density at radius 3 is 2.56 bits per heavy atom. The summed E-state index contributed by atoms with van der Waals surface area (Å²) in [6.45, 7) is 0. The van der Waals surface area contributed by atoms with Crippen LogP contribution >= 0.6 is 0 Å². The quantitative estimate of drug-likeness (QED) is 0.728. The van der Waals surface area contributed by atoms with E-state index >= 15 is 0 Å². The van der Waals surface area contributed by atoms with Gasteiger partial charge in [0.2, 0.25) is 0 Å². The summed E-state index contributed by atoms with van der Waals surface area (Å²) < 4.78 is 21.6. The third-order valence-corrected chi connectivity index (χ3v) is 4.18. The average molecular weight is 343 g/mol. The molecule has 130 valence electrons. The van der Waals surface area contributed by atoms with Crippen LogP contribution in [0.2, 0.25) is 0 Å². The molecule has 0 spiro atoms. The molecule has 1 atom stereocenters. The number of nitrogens with zero attached hydrogens (tertiary/aromatic N) is 2.